The molecule has 0 unspecified atom stereocenters. The van der Waals surface area contributed by atoms with Crippen LogP contribution >= 0.6 is 48.0 Å². The Morgan fingerprint density at radius 3 is 2.28 bits per heavy atom. The van der Waals surface area contributed by atoms with Gasteiger partial charge in [-0.1, -0.05) is 35.3 Å². The van der Waals surface area contributed by atoms with E-state index in [1.807, 2.05) is 36.4 Å². The molecule has 1 N–H and O–H groups in total. The minimum Gasteiger partial charge on any atom is -0.493 e. The summed E-state index contributed by atoms with van der Waals surface area (Å²) in [6.45, 7) is 1.84. The first kappa shape index (κ1) is 25.3. The minimum absolute atomic E-state index is 0. The van der Waals surface area contributed by atoms with E-state index in [-0.39, 0.29) is 24.8 Å². The molecule has 3 rings (SSSR count). The molecule has 0 atom stereocenters. The van der Waals surface area contributed by atoms with Crippen molar-refractivity contribution in [2.24, 2.45) is 0 Å². The number of pyridine rings is 1. The highest BCUT2D eigenvalue weighted by molar-refractivity contribution is 6.35. The number of hydrogen-bond acceptors (Lipinski definition) is 4. The van der Waals surface area contributed by atoms with Gasteiger partial charge in [-0.25, -0.2) is 0 Å². The second kappa shape index (κ2) is 12.8. The highest BCUT2D eigenvalue weighted by Gasteiger charge is 2.08. The van der Waals surface area contributed by atoms with Gasteiger partial charge in [-0.15, -0.1) is 24.8 Å². The molecule has 29 heavy (non-hydrogen) atoms. The third kappa shape index (κ3) is 7.57. The van der Waals surface area contributed by atoms with Crippen molar-refractivity contribution in [3.8, 4) is 11.5 Å². The average Bonchev–Trinajstić information content (AvgIpc) is 2.68. The van der Waals surface area contributed by atoms with Crippen molar-refractivity contribution in [3.05, 3.63) is 87.7 Å². The zero-order valence-corrected chi connectivity index (χ0v) is 18.9. The van der Waals surface area contributed by atoms with Crippen molar-refractivity contribution in [2.45, 2.75) is 19.7 Å². The van der Waals surface area contributed by atoms with Crippen molar-refractivity contribution in [1.29, 1.82) is 0 Å². The number of ether oxygens (including phenoxy) is 2. The van der Waals surface area contributed by atoms with Gasteiger partial charge in [-0.3, -0.25) is 4.98 Å². The number of nitrogens with one attached hydrogen (secondary N) is 1. The van der Waals surface area contributed by atoms with Crippen molar-refractivity contribution in [3.63, 3.8) is 0 Å². The molecule has 0 aliphatic rings. The summed E-state index contributed by atoms with van der Waals surface area (Å²) in [6.07, 6.45) is 3.58. The van der Waals surface area contributed by atoms with E-state index in [4.69, 9.17) is 32.7 Å². The van der Waals surface area contributed by atoms with Crippen LogP contribution < -0.4 is 14.8 Å². The minimum atomic E-state index is 0. The maximum Gasteiger partial charge on any atom is 0.161 e. The smallest absolute Gasteiger partial charge is 0.161 e. The van der Waals surface area contributed by atoms with Gasteiger partial charge in [0.2, 0.25) is 0 Å². The lowest BCUT2D eigenvalue weighted by Crippen LogP contribution is -2.12. The van der Waals surface area contributed by atoms with Crippen molar-refractivity contribution in [2.75, 3.05) is 7.11 Å². The third-order valence-electron chi connectivity index (χ3n) is 4.03. The third-order valence-corrected chi connectivity index (χ3v) is 4.62. The first-order valence-electron chi connectivity index (χ1n) is 8.49. The standard InChI is InChI=1S/C21H20Cl2N2O2.2ClH/c1-26-21-10-16(13-25-12-15-6-8-24-9-7-15)2-5-20(21)27-14-17-3-4-18(22)11-19(17)23;;/h2-11,25H,12-14H2,1H3;2*1H. The summed E-state index contributed by atoms with van der Waals surface area (Å²) in [5, 5.41) is 4.59. The Morgan fingerprint density at radius 2 is 1.59 bits per heavy atom. The molecule has 0 fully saturated rings. The number of aromatic nitrogens is 1. The summed E-state index contributed by atoms with van der Waals surface area (Å²) < 4.78 is 11.4. The van der Waals surface area contributed by atoms with Crippen LogP contribution in [0.5, 0.6) is 11.5 Å². The van der Waals surface area contributed by atoms with Gasteiger partial charge in [0, 0.05) is 41.1 Å². The van der Waals surface area contributed by atoms with E-state index in [1.54, 1.807) is 31.6 Å². The molecule has 0 amide bonds. The zero-order chi connectivity index (χ0) is 19.1. The van der Waals surface area contributed by atoms with E-state index in [2.05, 4.69) is 10.3 Å². The number of methoxy groups -OCH3 is 1. The molecule has 0 saturated heterocycles. The van der Waals surface area contributed by atoms with Crippen LogP contribution in [0.2, 0.25) is 10.0 Å². The lowest BCUT2D eigenvalue weighted by Gasteiger charge is -2.13. The average molecular weight is 476 g/mol. The van der Waals surface area contributed by atoms with Crippen LogP contribution in [0.3, 0.4) is 0 Å². The van der Waals surface area contributed by atoms with Crippen LogP contribution in [0.4, 0.5) is 0 Å². The Kier molecular flexibility index (Phi) is 11.2. The van der Waals surface area contributed by atoms with Gasteiger partial charge in [0.15, 0.2) is 11.5 Å². The molecular weight excluding hydrogens is 454 g/mol. The molecule has 0 saturated carbocycles. The fourth-order valence-electron chi connectivity index (χ4n) is 2.59. The van der Waals surface area contributed by atoms with Gasteiger partial charge in [-0.05, 0) is 47.5 Å². The highest BCUT2D eigenvalue weighted by Crippen LogP contribution is 2.30. The van der Waals surface area contributed by atoms with E-state index in [9.17, 15) is 0 Å². The Bertz CT molecular complexity index is 895. The quantitative estimate of drug-likeness (QED) is 0.426. The lowest BCUT2D eigenvalue weighted by molar-refractivity contribution is 0.284. The fraction of sp³-hybridized carbons (Fsp3) is 0.190. The highest BCUT2D eigenvalue weighted by atomic mass is 35.5. The van der Waals surface area contributed by atoms with Crippen LogP contribution in [0, 0.1) is 0 Å². The molecular formula is C21H22Cl4N2O2. The van der Waals surface area contributed by atoms with Crippen molar-refractivity contribution in [1.82, 2.24) is 10.3 Å². The first-order valence-corrected chi connectivity index (χ1v) is 9.24. The summed E-state index contributed by atoms with van der Waals surface area (Å²) in [4.78, 5) is 4.02. The number of rotatable bonds is 8. The summed E-state index contributed by atoms with van der Waals surface area (Å²) in [6, 6.07) is 15.2. The summed E-state index contributed by atoms with van der Waals surface area (Å²) in [7, 11) is 1.63. The molecule has 3 aromatic rings. The Hall–Kier alpha value is -1.69. The predicted octanol–water partition coefficient (Wildman–Crippen LogP) is 6.11. The Morgan fingerprint density at radius 1 is 0.862 bits per heavy atom. The summed E-state index contributed by atoms with van der Waals surface area (Å²) >= 11 is 12.1. The van der Waals surface area contributed by atoms with Crippen LogP contribution in [0.25, 0.3) is 0 Å². The van der Waals surface area contributed by atoms with E-state index < -0.39 is 0 Å². The molecule has 0 spiro atoms. The zero-order valence-electron chi connectivity index (χ0n) is 15.7. The molecule has 2 aromatic carbocycles. The second-order valence-corrected chi connectivity index (χ2v) is 6.81. The summed E-state index contributed by atoms with van der Waals surface area (Å²) in [5.74, 6) is 1.35. The van der Waals surface area contributed by atoms with Crippen molar-refractivity contribution < 1.29 is 9.47 Å². The van der Waals surface area contributed by atoms with E-state index >= 15 is 0 Å². The first-order chi connectivity index (χ1) is 13.2. The van der Waals surface area contributed by atoms with Crippen LogP contribution in [0.15, 0.2) is 60.9 Å². The van der Waals surface area contributed by atoms with Crippen molar-refractivity contribution >= 4 is 48.0 Å². The lowest BCUT2D eigenvalue weighted by atomic mass is 10.2. The van der Waals surface area contributed by atoms with E-state index in [0.29, 0.717) is 28.2 Å². The molecule has 0 bridgehead atoms. The number of benzene rings is 2. The van der Waals surface area contributed by atoms with Gasteiger partial charge < -0.3 is 14.8 Å². The predicted molar refractivity (Wildman–Crippen MR) is 123 cm³/mol. The second-order valence-electron chi connectivity index (χ2n) is 5.97. The molecule has 0 radical (unpaired) electrons. The topological polar surface area (TPSA) is 43.4 Å². The normalized spacial score (nSPS) is 9.90. The van der Waals surface area contributed by atoms with Gasteiger partial charge in [0.25, 0.3) is 0 Å². The number of hydrogen-bond donors (Lipinski definition) is 1. The number of halogens is 4. The van der Waals surface area contributed by atoms with E-state index in [1.165, 1.54) is 5.56 Å². The number of nitrogens with zero attached hydrogens (tertiary/aromatic N) is 1. The van der Waals surface area contributed by atoms with Gasteiger partial charge in [-0.2, -0.15) is 0 Å². The van der Waals surface area contributed by atoms with E-state index in [0.717, 1.165) is 24.2 Å². The van der Waals surface area contributed by atoms with Crippen LogP contribution in [-0.4, -0.2) is 12.1 Å². The van der Waals surface area contributed by atoms with Crippen LogP contribution in [0.1, 0.15) is 16.7 Å². The molecule has 156 valence electrons. The molecule has 0 aliphatic heterocycles. The maximum atomic E-state index is 6.19. The van der Waals surface area contributed by atoms with Gasteiger partial charge in [0.05, 0.1) is 7.11 Å². The monoisotopic (exact) mass is 474 g/mol. The molecule has 8 heteroatoms. The SMILES string of the molecule is COc1cc(CNCc2ccncc2)ccc1OCc1ccc(Cl)cc1Cl.Cl.Cl. The van der Waals surface area contributed by atoms with Gasteiger partial charge in [0.1, 0.15) is 6.61 Å². The largest absolute Gasteiger partial charge is 0.493 e. The fourth-order valence-corrected chi connectivity index (χ4v) is 3.05. The van der Waals surface area contributed by atoms with Crippen LogP contribution in [-0.2, 0) is 19.7 Å². The Balaban J connectivity index is 0.00000210. The Labute approximate surface area is 193 Å². The van der Waals surface area contributed by atoms with Gasteiger partial charge >= 0.3 is 0 Å². The maximum absolute atomic E-state index is 6.19. The molecule has 0 aliphatic carbocycles. The molecule has 4 nitrogen and oxygen atoms in total. The molecule has 1 aromatic heterocycles. The summed E-state index contributed by atoms with van der Waals surface area (Å²) in [5.41, 5.74) is 3.17. The molecule has 1 heterocycles.